The number of amides is 1. The molecule has 23 heavy (non-hydrogen) atoms. The zero-order valence-electron chi connectivity index (χ0n) is 14.5. The Bertz CT molecular complexity index is 525. The van der Waals surface area contributed by atoms with Gasteiger partial charge < -0.3 is 19.5 Å². The Morgan fingerprint density at radius 1 is 1.09 bits per heavy atom. The van der Waals surface area contributed by atoms with Crippen LogP contribution in [0.3, 0.4) is 0 Å². The zero-order chi connectivity index (χ0) is 16.9. The van der Waals surface area contributed by atoms with Gasteiger partial charge in [-0.2, -0.15) is 0 Å². The molecule has 1 N–H and O–H groups in total. The molecule has 1 saturated carbocycles. The van der Waals surface area contributed by atoms with Crippen LogP contribution >= 0.6 is 0 Å². The molecular formula is C18H27NO4. The zero-order valence-corrected chi connectivity index (χ0v) is 14.5. The maximum atomic E-state index is 12.5. The standard InChI is InChI=1S/C18H27NO4/c1-13-15(21-2)10-14(11-16(13)22-3)17(20)19-12-18(23-4)8-6-5-7-9-18/h10-11H,5-9,12H2,1-4H3,(H,19,20). The van der Waals surface area contributed by atoms with Gasteiger partial charge >= 0.3 is 0 Å². The van der Waals surface area contributed by atoms with Gasteiger partial charge in [-0.15, -0.1) is 0 Å². The fraction of sp³-hybridized carbons (Fsp3) is 0.611. The van der Waals surface area contributed by atoms with Gasteiger partial charge in [-0.25, -0.2) is 0 Å². The summed E-state index contributed by atoms with van der Waals surface area (Å²) in [5, 5.41) is 3.01. The minimum Gasteiger partial charge on any atom is -0.496 e. The third-order valence-corrected chi connectivity index (χ3v) is 4.78. The maximum Gasteiger partial charge on any atom is 0.251 e. The molecule has 1 aliphatic rings. The molecule has 2 rings (SSSR count). The molecule has 1 aromatic carbocycles. The number of hydrogen-bond acceptors (Lipinski definition) is 4. The number of rotatable bonds is 6. The fourth-order valence-electron chi connectivity index (χ4n) is 3.21. The first-order valence-corrected chi connectivity index (χ1v) is 8.11. The number of nitrogens with one attached hydrogen (secondary N) is 1. The lowest BCUT2D eigenvalue weighted by atomic mass is 9.84. The predicted molar refractivity (Wildman–Crippen MR) is 89.4 cm³/mol. The molecule has 0 spiro atoms. The summed E-state index contributed by atoms with van der Waals surface area (Å²) in [4.78, 5) is 12.5. The Morgan fingerprint density at radius 2 is 1.65 bits per heavy atom. The van der Waals surface area contributed by atoms with Crippen molar-refractivity contribution in [3.8, 4) is 11.5 Å². The molecule has 0 saturated heterocycles. The number of ether oxygens (including phenoxy) is 3. The summed E-state index contributed by atoms with van der Waals surface area (Å²) < 4.78 is 16.4. The quantitative estimate of drug-likeness (QED) is 0.875. The number of hydrogen-bond donors (Lipinski definition) is 1. The van der Waals surface area contributed by atoms with Gasteiger partial charge in [0.15, 0.2) is 0 Å². The van der Waals surface area contributed by atoms with E-state index in [0.29, 0.717) is 23.6 Å². The summed E-state index contributed by atoms with van der Waals surface area (Å²) in [5.41, 5.74) is 1.19. The SMILES string of the molecule is COc1cc(C(=O)NCC2(OC)CCCCC2)cc(OC)c1C. The Balaban J connectivity index is 2.11. The van der Waals surface area contributed by atoms with Crippen LogP contribution in [0.1, 0.15) is 48.0 Å². The van der Waals surface area contributed by atoms with E-state index in [1.165, 1.54) is 6.42 Å². The summed E-state index contributed by atoms with van der Waals surface area (Å²) in [6.45, 7) is 2.43. The molecule has 5 heteroatoms. The smallest absolute Gasteiger partial charge is 0.251 e. The number of carbonyl (C=O) groups is 1. The summed E-state index contributed by atoms with van der Waals surface area (Å²) in [6.07, 6.45) is 5.52. The molecular weight excluding hydrogens is 294 g/mol. The lowest BCUT2D eigenvalue weighted by Gasteiger charge is -2.36. The van der Waals surface area contributed by atoms with Crippen LogP contribution < -0.4 is 14.8 Å². The van der Waals surface area contributed by atoms with Crippen molar-refractivity contribution >= 4 is 5.91 Å². The van der Waals surface area contributed by atoms with Crippen LogP contribution in [0.4, 0.5) is 0 Å². The van der Waals surface area contributed by atoms with Crippen LogP contribution in [-0.2, 0) is 4.74 Å². The highest BCUT2D eigenvalue weighted by molar-refractivity contribution is 5.95. The van der Waals surface area contributed by atoms with Crippen LogP contribution in [-0.4, -0.2) is 39.4 Å². The molecule has 0 heterocycles. The van der Waals surface area contributed by atoms with Crippen LogP contribution in [0.15, 0.2) is 12.1 Å². The van der Waals surface area contributed by atoms with Crippen LogP contribution in [0.2, 0.25) is 0 Å². The average molecular weight is 321 g/mol. The first kappa shape index (κ1) is 17.6. The van der Waals surface area contributed by atoms with Crippen molar-refractivity contribution in [2.45, 2.75) is 44.6 Å². The van der Waals surface area contributed by atoms with Crippen molar-refractivity contribution in [3.05, 3.63) is 23.3 Å². The lowest BCUT2D eigenvalue weighted by molar-refractivity contribution is -0.0363. The molecule has 0 bridgehead atoms. The predicted octanol–water partition coefficient (Wildman–Crippen LogP) is 3.09. The first-order valence-electron chi connectivity index (χ1n) is 8.11. The third kappa shape index (κ3) is 3.96. The van der Waals surface area contributed by atoms with Crippen molar-refractivity contribution in [1.29, 1.82) is 0 Å². The van der Waals surface area contributed by atoms with Crippen molar-refractivity contribution in [1.82, 2.24) is 5.32 Å². The summed E-state index contributed by atoms with van der Waals surface area (Å²) in [6, 6.07) is 3.49. The van der Waals surface area contributed by atoms with Gasteiger partial charge in [0.05, 0.1) is 19.8 Å². The van der Waals surface area contributed by atoms with Crippen LogP contribution in [0.5, 0.6) is 11.5 Å². The van der Waals surface area contributed by atoms with Gasteiger partial charge in [0, 0.05) is 24.8 Å². The van der Waals surface area contributed by atoms with Crippen molar-refractivity contribution < 1.29 is 19.0 Å². The van der Waals surface area contributed by atoms with Crippen molar-refractivity contribution in [3.63, 3.8) is 0 Å². The van der Waals surface area contributed by atoms with Crippen molar-refractivity contribution in [2.24, 2.45) is 0 Å². The Hall–Kier alpha value is -1.75. The molecule has 1 amide bonds. The monoisotopic (exact) mass is 321 g/mol. The van der Waals surface area contributed by atoms with Gasteiger partial charge in [-0.3, -0.25) is 4.79 Å². The van der Waals surface area contributed by atoms with E-state index in [-0.39, 0.29) is 11.5 Å². The first-order chi connectivity index (χ1) is 11.0. The van der Waals surface area contributed by atoms with E-state index >= 15 is 0 Å². The molecule has 128 valence electrons. The van der Waals surface area contributed by atoms with E-state index in [0.717, 1.165) is 31.2 Å². The van der Waals surface area contributed by atoms with E-state index < -0.39 is 0 Å². The third-order valence-electron chi connectivity index (χ3n) is 4.78. The molecule has 0 aliphatic heterocycles. The van der Waals surface area contributed by atoms with E-state index in [1.807, 2.05) is 6.92 Å². The molecule has 1 fully saturated rings. The highest BCUT2D eigenvalue weighted by Gasteiger charge is 2.32. The van der Waals surface area contributed by atoms with E-state index in [9.17, 15) is 4.79 Å². The second kappa shape index (κ2) is 7.68. The molecule has 0 unspecified atom stereocenters. The minimum atomic E-state index is -0.229. The highest BCUT2D eigenvalue weighted by atomic mass is 16.5. The van der Waals surface area contributed by atoms with Crippen LogP contribution in [0, 0.1) is 6.92 Å². The van der Waals surface area contributed by atoms with Gasteiger partial charge in [-0.05, 0) is 31.9 Å². The second-order valence-corrected chi connectivity index (χ2v) is 6.14. The van der Waals surface area contributed by atoms with Gasteiger partial charge in [0.25, 0.3) is 5.91 Å². The fourth-order valence-corrected chi connectivity index (χ4v) is 3.21. The Labute approximate surface area is 138 Å². The van der Waals surface area contributed by atoms with Gasteiger partial charge in [-0.1, -0.05) is 19.3 Å². The number of carbonyl (C=O) groups excluding carboxylic acids is 1. The van der Waals surface area contributed by atoms with Gasteiger partial charge in [0.2, 0.25) is 0 Å². The molecule has 0 aromatic heterocycles. The number of benzene rings is 1. The van der Waals surface area contributed by atoms with Crippen molar-refractivity contribution in [2.75, 3.05) is 27.9 Å². The topological polar surface area (TPSA) is 56.8 Å². The minimum absolute atomic E-state index is 0.136. The second-order valence-electron chi connectivity index (χ2n) is 6.14. The lowest BCUT2D eigenvalue weighted by Crippen LogP contribution is -2.45. The largest absolute Gasteiger partial charge is 0.496 e. The highest BCUT2D eigenvalue weighted by Crippen LogP contribution is 2.31. The summed E-state index contributed by atoms with van der Waals surface area (Å²) in [7, 11) is 4.91. The molecule has 5 nitrogen and oxygen atoms in total. The number of methoxy groups -OCH3 is 3. The summed E-state index contributed by atoms with van der Waals surface area (Å²) >= 11 is 0. The van der Waals surface area contributed by atoms with E-state index in [4.69, 9.17) is 14.2 Å². The van der Waals surface area contributed by atoms with Crippen LogP contribution in [0.25, 0.3) is 0 Å². The Morgan fingerprint density at radius 3 is 2.13 bits per heavy atom. The average Bonchev–Trinajstić information content (AvgIpc) is 2.60. The van der Waals surface area contributed by atoms with E-state index in [2.05, 4.69) is 5.32 Å². The Kier molecular flexibility index (Phi) is 5.88. The molecule has 1 aromatic rings. The summed E-state index contributed by atoms with van der Waals surface area (Å²) in [5.74, 6) is 1.16. The molecule has 0 radical (unpaired) electrons. The van der Waals surface area contributed by atoms with E-state index in [1.54, 1.807) is 33.5 Å². The molecule has 0 atom stereocenters. The normalized spacial score (nSPS) is 16.7. The molecule has 1 aliphatic carbocycles. The van der Waals surface area contributed by atoms with Gasteiger partial charge in [0.1, 0.15) is 11.5 Å². The maximum absolute atomic E-state index is 12.5.